The second-order valence-corrected chi connectivity index (χ2v) is 9.07. The van der Waals surface area contributed by atoms with Crippen LogP contribution >= 0.6 is 15.9 Å². The molecule has 2 rings (SSSR count). The zero-order chi connectivity index (χ0) is 18.8. The van der Waals surface area contributed by atoms with Crippen LogP contribution in [0.5, 0.6) is 0 Å². The van der Waals surface area contributed by atoms with Gasteiger partial charge in [-0.3, -0.25) is 4.98 Å². The molecule has 0 fully saturated rings. The van der Waals surface area contributed by atoms with Gasteiger partial charge in [0.1, 0.15) is 16.1 Å². The molecule has 7 nitrogen and oxygen atoms in total. The van der Waals surface area contributed by atoms with Crippen molar-refractivity contribution in [3.8, 4) is 0 Å². The number of pyridine rings is 1. The summed E-state index contributed by atoms with van der Waals surface area (Å²) in [6, 6.07) is 4.61. The van der Waals surface area contributed by atoms with Gasteiger partial charge in [0.2, 0.25) is 0 Å². The Balaban J connectivity index is 2.17. The zero-order valence-electron chi connectivity index (χ0n) is 14.4. The lowest BCUT2D eigenvalue weighted by atomic mass is 10.1. The fraction of sp³-hybridized carbons (Fsp3) is 0.375. The van der Waals surface area contributed by atoms with Gasteiger partial charge in [0.25, 0.3) is 10.0 Å². The van der Waals surface area contributed by atoms with Crippen LogP contribution in [0.15, 0.2) is 46.3 Å². The molecule has 2 aromatic heterocycles. The zero-order valence-corrected chi connectivity index (χ0v) is 16.8. The van der Waals surface area contributed by atoms with Crippen molar-refractivity contribution in [2.45, 2.75) is 37.8 Å². The van der Waals surface area contributed by atoms with Crippen LogP contribution in [0.1, 0.15) is 26.3 Å². The highest BCUT2D eigenvalue weighted by atomic mass is 79.9. The molecule has 0 aromatic carbocycles. The van der Waals surface area contributed by atoms with Crippen molar-refractivity contribution in [1.82, 2.24) is 13.9 Å². The molecule has 9 heteroatoms. The molecule has 136 valence electrons. The quantitative estimate of drug-likeness (QED) is 0.744. The average molecular weight is 430 g/mol. The van der Waals surface area contributed by atoms with Gasteiger partial charge in [-0.25, -0.2) is 17.2 Å². The normalized spacial score (nSPS) is 12.0. The van der Waals surface area contributed by atoms with Gasteiger partial charge < -0.3 is 9.64 Å². The molecule has 2 aromatic rings. The highest BCUT2D eigenvalue weighted by Crippen LogP contribution is 2.23. The van der Waals surface area contributed by atoms with Crippen molar-refractivity contribution in [1.29, 1.82) is 0 Å². The molecule has 0 bridgehead atoms. The second kappa shape index (κ2) is 7.17. The molecule has 0 saturated heterocycles. The summed E-state index contributed by atoms with van der Waals surface area (Å²) in [5.74, 6) is 0. The van der Waals surface area contributed by atoms with Gasteiger partial charge in [0.05, 0.1) is 0 Å². The number of nitrogens with zero attached hydrogens (tertiary/aromatic N) is 3. The Morgan fingerprint density at radius 1 is 1.40 bits per heavy atom. The van der Waals surface area contributed by atoms with Crippen molar-refractivity contribution >= 4 is 32.0 Å². The average Bonchev–Trinajstić information content (AvgIpc) is 2.93. The summed E-state index contributed by atoms with van der Waals surface area (Å²) in [6.07, 6.45) is 3.71. The van der Waals surface area contributed by atoms with Crippen molar-refractivity contribution < 1.29 is 17.9 Å². The fourth-order valence-electron chi connectivity index (χ4n) is 1.86. The number of ether oxygens (including phenoxy) is 1. The van der Waals surface area contributed by atoms with Gasteiger partial charge in [-0.1, -0.05) is 0 Å². The molecule has 0 N–H and O–H groups in total. The van der Waals surface area contributed by atoms with E-state index < -0.39 is 16.1 Å². The van der Waals surface area contributed by atoms with Crippen molar-refractivity contribution in [2.75, 3.05) is 7.05 Å². The smallest absolute Gasteiger partial charge is 0.410 e. The number of rotatable bonds is 4. The maximum atomic E-state index is 12.6. The first-order valence-electron chi connectivity index (χ1n) is 7.46. The molecule has 2 heterocycles. The molecule has 0 saturated carbocycles. The van der Waals surface area contributed by atoms with Crippen molar-refractivity contribution in [3.63, 3.8) is 0 Å². The SMILES string of the molecule is CN(C(=O)OCc1cc(Br)n(S(=O)(=O)c2cccnc2)c1)C(C)(C)C. The molecular formula is C16H20BrN3O4S. The molecule has 0 atom stereocenters. The van der Waals surface area contributed by atoms with Crippen LogP contribution in [0.2, 0.25) is 0 Å². The van der Waals surface area contributed by atoms with Crippen LogP contribution in [-0.4, -0.2) is 41.0 Å². The number of hydrogen-bond donors (Lipinski definition) is 0. The monoisotopic (exact) mass is 429 g/mol. The van der Waals surface area contributed by atoms with Crippen molar-refractivity contribution in [2.24, 2.45) is 0 Å². The lowest BCUT2D eigenvalue weighted by Gasteiger charge is -2.30. The van der Waals surface area contributed by atoms with Crippen LogP contribution in [0.3, 0.4) is 0 Å². The number of hydrogen-bond acceptors (Lipinski definition) is 5. The molecule has 0 aliphatic rings. The lowest BCUT2D eigenvalue weighted by Crippen LogP contribution is -2.42. The summed E-state index contributed by atoms with van der Waals surface area (Å²) in [5.41, 5.74) is 0.183. The van der Waals surface area contributed by atoms with Gasteiger partial charge in [-0.2, -0.15) is 0 Å². The third-order valence-corrected chi connectivity index (χ3v) is 6.13. The van der Waals surface area contributed by atoms with Gasteiger partial charge in [0.15, 0.2) is 0 Å². The van der Waals surface area contributed by atoms with Gasteiger partial charge >= 0.3 is 6.09 Å². The van der Waals surface area contributed by atoms with Gasteiger partial charge in [0, 0.05) is 36.7 Å². The standard InChI is InChI=1S/C16H20BrN3O4S/c1-16(2,3)19(4)15(21)24-11-12-8-14(17)20(10-12)25(22,23)13-6-5-7-18-9-13/h5-10H,11H2,1-4H3. The first kappa shape index (κ1) is 19.5. The fourth-order valence-corrected chi connectivity index (χ4v) is 4.05. The van der Waals surface area contributed by atoms with E-state index in [0.717, 1.165) is 3.97 Å². The molecule has 0 unspecified atom stereocenters. The van der Waals surface area contributed by atoms with Crippen LogP contribution in [-0.2, 0) is 21.4 Å². The van der Waals surface area contributed by atoms with E-state index in [1.165, 1.54) is 29.6 Å². The summed E-state index contributed by atoms with van der Waals surface area (Å²) in [5, 5.41) is 0. The van der Waals surface area contributed by atoms with Gasteiger partial charge in [-0.05, 0) is 54.9 Å². The van der Waals surface area contributed by atoms with E-state index in [1.807, 2.05) is 20.8 Å². The summed E-state index contributed by atoms with van der Waals surface area (Å²) < 4.78 is 31.9. The Hall–Kier alpha value is -1.87. The third kappa shape index (κ3) is 4.40. The maximum absolute atomic E-state index is 12.6. The predicted octanol–water partition coefficient (Wildman–Crippen LogP) is 3.25. The Kier molecular flexibility index (Phi) is 5.58. The Bertz CT molecular complexity index is 857. The highest BCUT2D eigenvalue weighted by Gasteiger charge is 2.24. The molecule has 1 amide bonds. The second-order valence-electron chi connectivity index (χ2n) is 6.45. The molecule has 25 heavy (non-hydrogen) atoms. The Morgan fingerprint density at radius 2 is 2.08 bits per heavy atom. The topological polar surface area (TPSA) is 81.5 Å². The first-order valence-corrected chi connectivity index (χ1v) is 9.70. The minimum Gasteiger partial charge on any atom is -0.444 e. The molecule has 0 spiro atoms. The largest absolute Gasteiger partial charge is 0.444 e. The van der Waals surface area contributed by atoms with Crippen LogP contribution in [0, 0.1) is 0 Å². The van der Waals surface area contributed by atoms with Crippen LogP contribution in [0.4, 0.5) is 4.79 Å². The van der Waals surface area contributed by atoms with E-state index in [4.69, 9.17) is 4.74 Å². The Morgan fingerprint density at radius 3 is 2.64 bits per heavy atom. The van der Waals surface area contributed by atoms with E-state index in [2.05, 4.69) is 20.9 Å². The van der Waals surface area contributed by atoms with Crippen LogP contribution in [0.25, 0.3) is 0 Å². The van der Waals surface area contributed by atoms with E-state index in [0.29, 0.717) is 10.2 Å². The maximum Gasteiger partial charge on any atom is 0.410 e. The van der Waals surface area contributed by atoms with Crippen LogP contribution < -0.4 is 0 Å². The predicted molar refractivity (Wildman–Crippen MR) is 96.7 cm³/mol. The third-order valence-electron chi connectivity index (χ3n) is 3.63. The minimum absolute atomic E-state index is 0.0343. The number of carbonyl (C=O) groups excluding carboxylic acids is 1. The lowest BCUT2D eigenvalue weighted by molar-refractivity contribution is 0.0759. The summed E-state index contributed by atoms with van der Waals surface area (Å²) in [6.45, 7) is 5.64. The number of amides is 1. The van der Waals surface area contributed by atoms with E-state index in [1.54, 1.807) is 19.2 Å². The first-order chi connectivity index (χ1) is 11.5. The van der Waals surface area contributed by atoms with Crippen molar-refractivity contribution in [3.05, 3.63) is 47.0 Å². The number of carbonyl (C=O) groups is 1. The molecule has 0 aliphatic carbocycles. The minimum atomic E-state index is -3.77. The molecular weight excluding hydrogens is 410 g/mol. The molecule has 0 aliphatic heterocycles. The van der Waals surface area contributed by atoms with Gasteiger partial charge in [-0.15, -0.1) is 0 Å². The van der Waals surface area contributed by atoms with E-state index in [9.17, 15) is 13.2 Å². The summed E-state index contributed by atoms with van der Waals surface area (Å²) in [4.78, 5) is 17.4. The molecule has 0 radical (unpaired) electrons. The highest BCUT2D eigenvalue weighted by molar-refractivity contribution is 9.10. The number of halogens is 1. The van der Waals surface area contributed by atoms with E-state index >= 15 is 0 Å². The summed E-state index contributed by atoms with van der Waals surface area (Å²) >= 11 is 3.23. The Labute approximate surface area is 155 Å². The van der Waals surface area contributed by atoms with E-state index in [-0.39, 0.29) is 17.0 Å². The number of aromatic nitrogens is 2. The summed E-state index contributed by atoms with van der Waals surface area (Å²) in [7, 11) is -2.12.